The van der Waals surface area contributed by atoms with Gasteiger partial charge in [-0.1, -0.05) is 42.5 Å². The summed E-state index contributed by atoms with van der Waals surface area (Å²) in [6.07, 6.45) is 1.07. The topological polar surface area (TPSA) is 15.3 Å². The van der Waals surface area contributed by atoms with Crippen LogP contribution in [0.25, 0.3) is 0 Å². The maximum absolute atomic E-state index is 3.58. The third kappa shape index (κ3) is 6.69. The Morgan fingerprint density at radius 1 is 0.864 bits per heavy atom. The molecule has 1 unspecified atom stereocenters. The van der Waals surface area contributed by atoms with E-state index in [0.29, 0.717) is 6.04 Å². The maximum Gasteiger partial charge on any atom is 0.0361 e. The summed E-state index contributed by atoms with van der Waals surface area (Å²) in [5.74, 6) is 0. The van der Waals surface area contributed by atoms with Crippen LogP contribution in [0, 0.1) is 0 Å². The Bertz CT molecular complexity index is 512. The largest absolute Gasteiger partial charge is 0.378 e. The average molecular weight is 341 g/mol. The molecule has 2 nitrogen and oxygen atoms in total. The van der Waals surface area contributed by atoms with Crippen LogP contribution in [-0.4, -0.2) is 20.1 Å². The van der Waals surface area contributed by atoms with Gasteiger partial charge in [0.1, 0.15) is 0 Å². The number of hydrogen-bond donors (Lipinski definition) is 1. The molecule has 0 amide bonds. The van der Waals surface area contributed by atoms with Gasteiger partial charge < -0.3 is 10.2 Å². The van der Waals surface area contributed by atoms with Crippen LogP contribution >= 0.6 is 24.8 Å². The van der Waals surface area contributed by atoms with E-state index in [4.69, 9.17) is 0 Å². The van der Waals surface area contributed by atoms with Gasteiger partial charge in [0.25, 0.3) is 0 Å². The first-order chi connectivity index (χ1) is 9.65. The molecule has 0 saturated carbocycles. The first kappa shape index (κ1) is 20.8. The van der Waals surface area contributed by atoms with E-state index < -0.39 is 0 Å². The first-order valence-corrected chi connectivity index (χ1v) is 7.19. The lowest BCUT2D eigenvalue weighted by Gasteiger charge is -2.15. The molecule has 2 aromatic rings. The molecule has 22 heavy (non-hydrogen) atoms. The predicted octanol–water partition coefficient (Wildman–Crippen LogP) is 4.32. The fraction of sp³-hybridized carbons (Fsp3) is 0.333. The number of anilines is 1. The molecule has 0 aliphatic rings. The van der Waals surface area contributed by atoms with Gasteiger partial charge >= 0.3 is 0 Å². The molecule has 0 heterocycles. The minimum atomic E-state index is 0. The lowest BCUT2D eigenvalue weighted by molar-refractivity contribution is 0.545. The average Bonchev–Trinajstić information content (AvgIpc) is 2.46. The Morgan fingerprint density at radius 2 is 1.45 bits per heavy atom. The zero-order valence-electron chi connectivity index (χ0n) is 13.5. The van der Waals surface area contributed by atoms with Crippen LogP contribution in [-0.2, 0) is 13.0 Å². The van der Waals surface area contributed by atoms with Gasteiger partial charge in [-0.05, 0) is 36.6 Å². The van der Waals surface area contributed by atoms with Crippen molar-refractivity contribution in [1.82, 2.24) is 5.32 Å². The summed E-state index contributed by atoms with van der Waals surface area (Å²) in [6, 6.07) is 19.8. The van der Waals surface area contributed by atoms with E-state index in [0.717, 1.165) is 13.0 Å². The number of rotatable bonds is 6. The van der Waals surface area contributed by atoms with Crippen molar-refractivity contribution in [1.29, 1.82) is 0 Å². The summed E-state index contributed by atoms with van der Waals surface area (Å²) in [5, 5.41) is 3.58. The summed E-state index contributed by atoms with van der Waals surface area (Å²) in [4.78, 5) is 2.12. The molecular formula is C18H26Cl2N2. The third-order valence-electron chi connectivity index (χ3n) is 3.49. The minimum absolute atomic E-state index is 0. The molecule has 0 bridgehead atoms. The highest BCUT2D eigenvalue weighted by Crippen LogP contribution is 2.12. The van der Waals surface area contributed by atoms with Crippen LogP contribution in [0.2, 0.25) is 0 Å². The van der Waals surface area contributed by atoms with E-state index in [1.807, 2.05) is 0 Å². The monoisotopic (exact) mass is 340 g/mol. The number of benzene rings is 2. The van der Waals surface area contributed by atoms with Crippen molar-refractivity contribution in [3.8, 4) is 0 Å². The SMILES string of the molecule is CC(Cc1ccccc1)NCc1ccc(N(C)C)cc1.Cl.Cl. The van der Waals surface area contributed by atoms with Gasteiger partial charge in [0, 0.05) is 32.4 Å². The smallest absolute Gasteiger partial charge is 0.0361 e. The van der Waals surface area contributed by atoms with Crippen LogP contribution < -0.4 is 10.2 Å². The van der Waals surface area contributed by atoms with Crippen LogP contribution in [0.5, 0.6) is 0 Å². The second-order valence-electron chi connectivity index (χ2n) is 5.53. The second-order valence-corrected chi connectivity index (χ2v) is 5.53. The van der Waals surface area contributed by atoms with Gasteiger partial charge in [-0.2, -0.15) is 0 Å². The summed E-state index contributed by atoms with van der Waals surface area (Å²) < 4.78 is 0. The molecule has 0 aromatic heterocycles. The Labute approximate surface area is 146 Å². The Kier molecular flexibility index (Phi) is 9.91. The molecule has 1 N–H and O–H groups in total. The molecule has 0 spiro atoms. The van der Waals surface area contributed by atoms with Crippen molar-refractivity contribution < 1.29 is 0 Å². The van der Waals surface area contributed by atoms with Gasteiger partial charge in [-0.25, -0.2) is 0 Å². The molecule has 4 heteroatoms. The Morgan fingerprint density at radius 3 is 2.00 bits per heavy atom. The zero-order chi connectivity index (χ0) is 14.4. The first-order valence-electron chi connectivity index (χ1n) is 7.19. The molecule has 0 fully saturated rings. The van der Waals surface area contributed by atoms with Gasteiger partial charge in [-0.3, -0.25) is 0 Å². The Hall–Kier alpha value is -1.22. The van der Waals surface area contributed by atoms with E-state index >= 15 is 0 Å². The molecule has 2 aromatic carbocycles. The molecule has 122 valence electrons. The quantitative estimate of drug-likeness (QED) is 0.842. The van der Waals surface area contributed by atoms with Crippen LogP contribution in [0.4, 0.5) is 5.69 Å². The minimum Gasteiger partial charge on any atom is -0.378 e. The number of halogens is 2. The van der Waals surface area contributed by atoms with Crippen molar-refractivity contribution in [2.75, 3.05) is 19.0 Å². The summed E-state index contributed by atoms with van der Waals surface area (Å²) in [5.41, 5.74) is 3.96. The fourth-order valence-electron chi connectivity index (χ4n) is 2.24. The highest BCUT2D eigenvalue weighted by molar-refractivity contribution is 5.85. The molecule has 2 rings (SSSR count). The number of nitrogens with zero attached hydrogens (tertiary/aromatic N) is 1. The summed E-state index contributed by atoms with van der Waals surface area (Å²) >= 11 is 0. The molecule has 0 aliphatic heterocycles. The van der Waals surface area contributed by atoms with Gasteiger partial charge in [0.05, 0.1) is 0 Å². The number of hydrogen-bond acceptors (Lipinski definition) is 2. The lowest BCUT2D eigenvalue weighted by atomic mass is 10.1. The summed E-state index contributed by atoms with van der Waals surface area (Å²) in [7, 11) is 4.13. The van der Waals surface area contributed by atoms with Crippen molar-refractivity contribution in [2.24, 2.45) is 0 Å². The standard InChI is InChI=1S/C18H24N2.2ClH/c1-15(13-16-7-5-4-6-8-16)19-14-17-9-11-18(12-10-17)20(2)3;;/h4-12,15,19H,13-14H2,1-3H3;2*1H. The highest BCUT2D eigenvalue weighted by Gasteiger charge is 2.03. The second kappa shape index (κ2) is 10.5. The van der Waals surface area contributed by atoms with Crippen LogP contribution in [0.15, 0.2) is 54.6 Å². The number of nitrogens with one attached hydrogen (secondary N) is 1. The van der Waals surface area contributed by atoms with E-state index in [-0.39, 0.29) is 24.8 Å². The van der Waals surface area contributed by atoms with Crippen LogP contribution in [0.3, 0.4) is 0 Å². The highest BCUT2D eigenvalue weighted by atomic mass is 35.5. The van der Waals surface area contributed by atoms with Crippen molar-refractivity contribution in [2.45, 2.75) is 25.9 Å². The predicted molar refractivity (Wildman–Crippen MR) is 102 cm³/mol. The molecule has 0 saturated heterocycles. The summed E-state index contributed by atoms with van der Waals surface area (Å²) in [6.45, 7) is 3.16. The van der Waals surface area contributed by atoms with Crippen LogP contribution in [0.1, 0.15) is 18.1 Å². The molecule has 0 radical (unpaired) electrons. The molecular weight excluding hydrogens is 315 g/mol. The van der Waals surface area contributed by atoms with E-state index in [1.165, 1.54) is 16.8 Å². The van der Waals surface area contributed by atoms with E-state index in [2.05, 4.69) is 85.8 Å². The lowest BCUT2D eigenvalue weighted by Crippen LogP contribution is -2.27. The normalized spacial score (nSPS) is 11.0. The Balaban J connectivity index is 0.00000220. The van der Waals surface area contributed by atoms with Crippen molar-refractivity contribution in [3.05, 3.63) is 65.7 Å². The molecule has 0 aliphatic carbocycles. The van der Waals surface area contributed by atoms with E-state index in [9.17, 15) is 0 Å². The van der Waals surface area contributed by atoms with Gasteiger partial charge in [-0.15, -0.1) is 24.8 Å². The fourth-order valence-corrected chi connectivity index (χ4v) is 2.24. The van der Waals surface area contributed by atoms with Crippen molar-refractivity contribution >= 4 is 30.5 Å². The zero-order valence-corrected chi connectivity index (χ0v) is 15.1. The van der Waals surface area contributed by atoms with Crippen molar-refractivity contribution in [3.63, 3.8) is 0 Å². The molecule has 1 atom stereocenters. The van der Waals surface area contributed by atoms with Gasteiger partial charge in [0.15, 0.2) is 0 Å². The maximum atomic E-state index is 3.58. The van der Waals surface area contributed by atoms with Gasteiger partial charge in [0.2, 0.25) is 0 Å². The van der Waals surface area contributed by atoms with E-state index in [1.54, 1.807) is 0 Å². The third-order valence-corrected chi connectivity index (χ3v) is 3.49.